The van der Waals surface area contributed by atoms with Crippen LogP contribution < -0.4 is 10.6 Å². The highest BCUT2D eigenvalue weighted by Gasteiger charge is 2.11. The number of carbonyl (C=O) groups is 2. The molecule has 0 heterocycles. The first-order valence-electron chi connectivity index (χ1n) is 7.50. The summed E-state index contributed by atoms with van der Waals surface area (Å²) in [7, 11) is 0. The molecule has 0 aromatic heterocycles. The van der Waals surface area contributed by atoms with E-state index in [4.69, 9.17) is 0 Å². The fraction of sp³-hybridized carbons (Fsp3) is 0.222. The van der Waals surface area contributed by atoms with Crippen molar-refractivity contribution in [2.24, 2.45) is 0 Å². The van der Waals surface area contributed by atoms with Crippen LogP contribution in [0, 0.1) is 19.7 Å². The van der Waals surface area contributed by atoms with E-state index in [2.05, 4.69) is 10.6 Å². The van der Waals surface area contributed by atoms with Gasteiger partial charge in [-0.2, -0.15) is 0 Å². The summed E-state index contributed by atoms with van der Waals surface area (Å²) < 4.78 is 13.4. The van der Waals surface area contributed by atoms with Gasteiger partial charge in [0.05, 0.1) is 5.56 Å². The molecule has 2 amide bonds. The number of aromatic hydroxyl groups is 1. The first-order valence-corrected chi connectivity index (χ1v) is 7.50. The van der Waals surface area contributed by atoms with Crippen molar-refractivity contribution in [3.8, 4) is 5.75 Å². The number of amides is 2. The molecule has 2 aromatic carbocycles. The molecule has 0 saturated carbocycles. The molecule has 0 unspecified atom stereocenters. The van der Waals surface area contributed by atoms with E-state index < -0.39 is 17.6 Å². The highest BCUT2D eigenvalue weighted by Crippen LogP contribution is 2.17. The number of phenols is 1. The summed E-state index contributed by atoms with van der Waals surface area (Å²) in [6.07, 6.45) is 0. The number of halogens is 1. The maximum absolute atomic E-state index is 13.4. The Kier molecular flexibility index (Phi) is 5.52. The molecule has 0 aliphatic heterocycles. The van der Waals surface area contributed by atoms with Gasteiger partial charge in [0.15, 0.2) is 0 Å². The van der Waals surface area contributed by atoms with Crippen molar-refractivity contribution in [3.63, 3.8) is 0 Å². The van der Waals surface area contributed by atoms with Gasteiger partial charge >= 0.3 is 0 Å². The zero-order valence-electron chi connectivity index (χ0n) is 13.5. The number of hydrogen-bond donors (Lipinski definition) is 3. The first-order chi connectivity index (χ1) is 11.4. The molecule has 2 rings (SSSR count). The van der Waals surface area contributed by atoms with E-state index in [0.717, 1.165) is 5.56 Å². The second kappa shape index (κ2) is 7.59. The maximum Gasteiger partial charge on any atom is 0.255 e. The molecule has 6 heteroatoms. The molecule has 24 heavy (non-hydrogen) atoms. The van der Waals surface area contributed by atoms with Gasteiger partial charge in [0.2, 0.25) is 0 Å². The van der Waals surface area contributed by atoms with Crippen molar-refractivity contribution in [2.45, 2.75) is 13.8 Å². The smallest absolute Gasteiger partial charge is 0.255 e. The lowest BCUT2D eigenvalue weighted by molar-refractivity contribution is 0.0926. The lowest BCUT2D eigenvalue weighted by atomic mass is 10.1. The topological polar surface area (TPSA) is 78.4 Å². The van der Waals surface area contributed by atoms with Crippen LogP contribution in [0.15, 0.2) is 36.4 Å². The molecule has 0 bridgehead atoms. The summed E-state index contributed by atoms with van der Waals surface area (Å²) in [6, 6.07) is 8.99. The number of hydrogen-bond acceptors (Lipinski definition) is 3. The molecule has 0 aliphatic rings. The van der Waals surface area contributed by atoms with Crippen molar-refractivity contribution in [3.05, 3.63) is 64.5 Å². The van der Waals surface area contributed by atoms with E-state index in [9.17, 15) is 19.1 Å². The minimum atomic E-state index is -0.439. The van der Waals surface area contributed by atoms with Crippen LogP contribution in [0.1, 0.15) is 31.8 Å². The Morgan fingerprint density at radius 1 is 1.00 bits per heavy atom. The average Bonchev–Trinajstić information content (AvgIpc) is 2.55. The third kappa shape index (κ3) is 4.32. The van der Waals surface area contributed by atoms with Gasteiger partial charge in [0.1, 0.15) is 11.6 Å². The van der Waals surface area contributed by atoms with E-state index >= 15 is 0 Å². The number of rotatable bonds is 5. The van der Waals surface area contributed by atoms with Crippen molar-refractivity contribution in [1.82, 2.24) is 10.6 Å². The van der Waals surface area contributed by atoms with Crippen LogP contribution in [0.4, 0.5) is 4.39 Å². The molecule has 2 aromatic rings. The second-order valence-electron chi connectivity index (χ2n) is 5.50. The van der Waals surface area contributed by atoms with Crippen molar-refractivity contribution in [2.75, 3.05) is 13.1 Å². The van der Waals surface area contributed by atoms with Crippen LogP contribution in [0.2, 0.25) is 0 Å². The predicted octanol–water partition coefficient (Wildman–Crippen LogP) is 2.31. The Morgan fingerprint density at radius 3 is 2.33 bits per heavy atom. The molecule has 0 atom stereocenters. The first kappa shape index (κ1) is 17.5. The summed E-state index contributed by atoms with van der Waals surface area (Å²) in [4.78, 5) is 23.9. The normalized spacial score (nSPS) is 10.3. The minimum absolute atomic E-state index is 0.0998. The van der Waals surface area contributed by atoms with Gasteiger partial charge in [-0.1, -0.05) is 17.7 Å². The van der Waals surface area contributed by atoms with Crippen LogP contribution >= 0.6 is 0 Å². The highest BCUT2D eigenvalue weighted by atomic mass is 19.1. The van der Waals surface area contributed by atoms with E-state index in [1.807, 2.05) is 6.92 Å². The fourth-order valence-electron chi connectivity index (χ4n) is 2.12. The zero-order valence-corrected chi connectivity index (χ0v) is 13.5. The Labute approximate surface area is 139 Å². The quantitative estimate of drug-likeness (QED) is 0.736. The van der Waals surface area contributed by atoms with Crippen LogP contribution in [-0.4, -0.2) is 30.0 Å². The summed E-state index contributed by atoms with van der Waals surface area (Å²) in [5, 5.41) is 14.9. The number of phenolic OH excluding ortho intramolecular Hbond substituents is 1. The lowest BCUT2D eigenvalue weighted by Crippen LogP contribution is -2.34. The summed E-state index contributed by atoms with van der Waals surface area (Å²) in [5.74, 6) is -1.38. The molecule has 0 aliphatic carbocycles. The molecular formula is C18H19FN2O3. The highest BCUT2D eigenvalue weighted by molar-refractivity contribution is 5.97. The molecule has 126 valence electrons. The third-order valence-corrected chi connectivity index (χ3v) is 3.53. The Hall–Kier alpha value is -2.89. The number of nitrogens with one attached hydrogen (secondary N) is 2. The summed E-state index contributed by atoms with van der Waals surface area (Å²) in [6.45, 7) is 3.81. The molecular weight excluding hydrogens is 311 g/mol. The van der Waals surface area contributed by atoms with Crippen LogP contribution in [0.5, 0.6) is 5.75 Å². The van der Waals surface area contributed by atoms with Crippen molar-refractivity contribution < 1.29 is 19.1 Å². The van der Waals surface area contributed by atoms with Crippen LogP contribution in [0.3, 0.4) is 0 Å². The van der Waals surface area contributed by atoms with Crippen LogP contribution in [-0.2, 0) is 0 Å². The number of benzene rings is 2. The lowest BCUT2D eigenvalue weighted by Gasteiger charge is -2.09. The molecule has 3 N–H and O–H groups in total. The Bertz CT molecular complexity index is 775. The van der Waals surface area contributed by atoms with Gasteiger partial charge in [-0.25, -0.2) is 4.39 Å². The number of aryl methyl sites for hydroxylation is 2. The van der Waals surface area contributed by atoms with Crippen molar-refractivity contribution in [1.29, 1.82) is 0 Å². The van der Waals surface area contributed by atoms with E-state index in [-0.39, 0.29) is 30.0 Å². The monoisotopic (exact) mass is 330 g/mol. The van der Waals surface area contributed by atoms with Crippen molar-refractivity contribution >= 4 is 11.8 Å². The fourth-order valence-corrected chi connectivity index (χ4v) is 2.12. The minimum Gasteiger partial charge on any atom is -0.507 e. The molecule has 0 radical (unpaired) electrons. The standard InChI is InChI=1S/C18H19FN2O3/c1-11-3-6-16(22)14(9-11)18(24)21-8-7-20-17(23)13-5-4-12(2)15(19)10-13/h3-6,9-10,22H,7-8H2,1-2H3,(H,20,23)(H,21,24). The van der Waals surface area contributed by atoms with Gasteiger partial charge in [0.25, 0.3) is 11.8 Å². The van der Waals surface area contributed by atoms with E-state index in [1.54, 1.807) is 19.1 Å². The van der Waals surface area contributed by atoms with Gasteiger partial charge < -0.3 is 15.7 Å². The largest absolute Gasteiger partial charge is 0.507 e. The zero-order chi connectivity index (χ0) is 17.7. The SMILES string of the molecule is Cc1ccc(O)c(C(=O)NCCNC(=O)c2ccc(C)c(F)c2)c1. The Morgan fingerprint density at radius 2 is 1.67 bits per heavy atom. The second-order valence-corrected chi connectivity index (χ2v) is 5.50. The summed E-state index contributed by atoms with van der Waals surface area (Å²) >= 11 is 0. The number of carbonyl (C=O) groups excluding carboxylic acids is 2. The van der Waals surface area contributed by atoms with Gasteiger partial charge in [0, 0.05) is 18.7 Å². The molecule has 0 fully saturated rings. The van der Waals surface area contributed by atoms with E-state index in [0.29, 0.717) is 5.56 Å². The maximum atomic E-state index is 13.4. The average molecular weight is 330 g/mol. The van der Waals surface area contributed by atoms with Gasteiger partial charge in [-0.15, -0.1) is 0 Å². The van der Waals surface area contributed by atoms with E-state index in [1.165, 1.54) is 24.3 Å². The summed E-state index contributed by atoms with van der Waals surface area (Å²) in [5.41, 5.74) is 1.73. The molecule has 5 nitrogen and oxygen atoms in total. The van der Waals surface area contributed by atoms with Crippen LogP contribution in [0.25, 0.3) is 0 Å². The van der Waals surface area contributed by atoms with Gasteiger partial charge in [-0.05, 0) is 43.7 Å². The molecule has 0 spiro atoms. The Balaban J connectivity index is 1.84. The molecule has 0 saturated heterocycles. The predicted molar refractivity (Wildman–Crippen MR) is 88.6 cm³/mol. The van der Waals surface area contributed by atoms with Gasteiger partial charge in [-0.3, -0.25) is 9.59 Å². The third-order valence-electron chi connectivity index (χ3n) is 3.53.